The quantitative estimate of drug-likeness (QED) is 0.442. The molecular weight excluding hydrogens is 120 g/mol. The van der Waals surface area contributed by atoms with Crippen LogP contribution in [0.1, 0.15) is 13.3 Å². The minimum atomic E-state index is 0.997. The Labute approximate surface area is 61.9 Å². The van der Waals surface area contributed by atoms with Crippen LogP contribution in [-0.2, 0) is 0 Å². The second-order valence-electron chi connectivity index (χ2n) is 2.06. The van der Waals surface area contributed by atoms with Crippen molar-refractivity contribution in [3.63, 3.8) is 0 Å². The fraction of sp³-hybridized carbons (Fsp3) is 0.200. The molecule has 0 nitrogen and oxygen atoms in total. The average molecular weight is 130 g/mol. The Morgan fingerprint density at radius 2 is 2.30 bits per heavy atom. The van der Waals surface area contributed by atoms with Gasteiger partial charge in [0.25, 0.3) is 0 Å². The molecule has 0 bridgehead atoms. The topological polar surface area (TPSA) is 0 Å². The first kappa shape index (κ1) is 6.89. The maximum Gasteiger partial charge on any atom is 0.0208 e. The van der Waals surface area contributed by atoms with E-state index in [0.29, 0.717) is 0 Å². The van der Waals surface area contributed by atoms with Crippen molar-refractivity contribution >= 4 is 0 Å². The van der Waals surface area contributed by atoms with Crippen molar-refractivity contribution in [3.05, 3.63) is 36.0 Å². The second-order valence-corrected chi connectivity index (χ2v) is 2.06. The first-order chi connectivity index (χ1) is 4.93. The van der Waals surface area contributed by atoms with Crippen LogP contribution in [0.2, 0.25) is 0 Å². The van der Waals surface area contributed by atoms with Crippen LogP contribution >= 0.6 is 0 Å². The molecule has 0 aromatic heterocycles. The highest BCUT2D eigenvalue weighted by Crippen LogP contribution is 2.02. The number of allylic oxidation sites excluding steroid dienone is 6. The molecule has 0 radical (unpaired) electrons. The molecule has 0 N–H and O–H groups in total. The van der Waals surface area contributed by atoms with E-state index in [-0.39, 0.29) is 0 Å². The van der Waals surface area contributed by atoms with Crippen molar-refractivity contribution in [2.24, 2.45) is 0 Å². The van der Waals surface area contributed by atoms with E-state index in [1.54, 1.807) is 0 Å². The van der Waals surface area contributed by atoms with E-state index in [1.807, 2.05) is 25.2 Å². The van der Waals surface area contributed by atoms with E-state index < -0.39 is 0 Å². The molecule has 0 heterocycles. The summed E-state index contributed by atoms with van der Waals surface area (Å²) in [6.07, 6.45) is 11.3. The molecule has 0 aromatic rings. The highest BCUT2D eigenvalue weighted by molar-refractivity contribution is 5.40. The van der Waals surface area contributed by atoms with Gasteiger partial charge in [-0.3, -0.25) is 0 Å². The normalized spacial score (nSPS) is 15.1. The molecule has 0 fully saturated rings. The number of hydrogen-bond acceptors (Lipinski definition) is 0. The maximum atomic E-state index is 3.01. The average Bonchev–Trinajstić information content (AvgIpc) is 2.17. The van der Waals surface area contributed by atoms with Gasteiger partial charge in [0, 0.05) is 5.57 Å². The standard InChI is InChI=1S/C10H10/c1-2-7-10-8-5-3-4-6-9-10/h3-5,8-9H,6H2,1H3. The minimum absolute atomic E-state index is 0.997. The summed E-state index contributed by atoms with van der Waals surface area (Å²) in [4.78, 5) is 0. The Morgan fingerprint density at radius 3 is 3.10 bits per heavy atom. The monoisotopic (exact) mass is 130 g/mol. The van der Waals surface area contributed by atoms with Gasteiger partial charge in [-0.25, -0.2) is 0 Å². The fourth-order valence-corrected chi connectivity index (χ4v) is 0.816. The van der Waals surface area contributed by atoms with Crippen LogP contribution in [0.25, 0.3) is 0 Å². The lowest BCUT2D eigenvalue weighted by atomic mass is 10.2. The van der Waals surface area contributed by atoms with E-state index in [9.17, 15) is 0 Å². The van der Waals surface area contributed by atoms with Crippen LogP contribution < -0.4 is 0 Å². The predicted octanol–water partition coefficient (Wildman–Crippen LogP) is 2.45. The summed E-state index contributed by atoms with van der Waals surface area (Å²) >= 11 is 0. The summed E-state index contributed by atoms with van der Waals surface area (Å²) in [5, 5.41) is 0. The first-order valence-electron chi connectivity index (χ1n) is 3.39. The number of rotatable bonds is 0. The van der Waals surface area contributed by atoms with Gasteiger partial charge in [0.2, 0.25) is 0 Å². The highest BCUT2D eigenvalue weighted by Gasteiger charge is 1.85. The van der Waals surface area contributed by atoms with Crippen molar-refractivity contribution in [3.8, 4) is 11.8 Å². The van der Waals surface area contributed by atoms with E-state index in [1.165, 1.54) is 0 Å². The molecule has 0 aliphatic heterocycles. The van der Waals surface area contributed by atoms with Gasteiger partial charge in [-0.1, -0.05) is 30.2 Å². The molecule has 0 amide bonds. The molecule has 10 heavy (non-hydrogen) atoms. The van der Waals surface area contributed by atoms with E-state index in [4.69, 9.17) is 0 Å². The smallest absolute Gasteiger partial charge is 0.0208 e. The van der Waals surface area contributed by atoms with Gasteiger partial charge in [0.05, 0.1) is 0 Å². The van der Waals surface area contributed by atoms with Crippen LogP contribution in [0.3, 0.4) is 0 Å². The largest absolute Gasteiger partial charge is 0.101 e. The van der Waals surface area contributed by atoms with Crippen LogP contribution in [0, 0.1) is 11.8 Å². The van der Waals surface area contributed by atoms with Crippen molar-refractivity contribution in [2.45, 2.75) is 13.3 Å². The zero-order valence-corrected chi connectivity index (χ0v) is 6.09. The Balaban J connectivity index is 2.75. The van der Waals surface area contributed by atoms with E-state index in [2.05, 4.69) is 24.0 Å². The van der Waals surface area contributed by atoms with Crippen molar-refractivity contribution in [1.29, 1.82) is 0 Å². The SMILES string of the molecule is CC#CC1=CCC=CC=C1. The molecule has 0 aromatic carbocycles. The Morgan fingerprint density at radius 1 is 1.40 bits per heavy atom. The molecular formula is C10H10. The molecule has 0 unspecified atom stereocenters. The maximum absolute atomic E-state index is 3.01. The van der Waals surface area contributed by atoms with Crippen LogP contribution in [0.5, 0.6) is 0 Å². The molecule has 0 heteroatoms. The van der Waals surface area contributed by atoms with Gasteiger partial charge >= 0.3 is 0 Å². The van der Waals surface area contributed by atoms with E-state index in [0.717, 1.165) is 12.0 Å². The summed E-state index contributed by atoms with van der Waals surface area (Å²) in [5.41, 5.74) is 1.12. The summed E-state index contributed by atoms with van der Waals surface area (Å²) in [6, 6.07) is 0. The summed E-state index contributed by atoms with van der Waals surface area (Å²) in [7, 11) is 0. The lowest BCUT2D eigenvalue weighted by molar-refractivity contribution is 1.39. The lowest BCUT2D eigenvalue weighted by Crippen LogP contribution is -1.68. The highest BCUT2D eigenvalue weighted by atomic mass is 13.9. The molecule has 0 spiro atoms. The molecule has 0 atom stereocenters. The summed E-state index contributed by atoms with van der Waals surface area (Å²) < 4.78 is 0. The Bertz CT molecular complexity index is 241. The molecule has 1 aliphatic rings. The third-order valence-corrected chi connectivity index (χ3v) is 1.27. The molecule has 0 saturated heterocycles. The van der Waals surface area contributed by atoms with Gasteiger partial charge in [0.1, 0.15) is 0 Å². The van der Waals surface area contributed by atoms with Gasteiger partial charge < -0.3 is 0 Å². The number of hydrogen-bond donors (Lipinski definition) is 0. The van der Waals surface area contributed by atoms with Gasteiger partial charge in [-0.05, 0) is 19.4 Å². The fourth-order valence-electron chi connectivity index (χ4n) is 0.816. The zero-order valence-electron chi connectivity index (χ0n) is 6.09. The van der Waals surface area contributed by atoms with E-state index >= 15 is 0 Å². The zero-order chi connectivity index (χ0) is 7.23. The molecule has 1 aliphatic carbocycles. The Hall–Kier alpha value is -1.22. The van der Waals surface area contributed by atoms with Crippen molar-refractivity contribution < 1.29 is 0 Å². The van der Waals surface area contributed by atoms with Crippen LogP contribution in [0.15, 0.2) is 36.0 Å². The Kier molecular flexibility index (Phi) is 2.58. The third kappa shape index (κ3) is 1.95. The van der Waals surface area contributed by atoms with Gasteiger partial charge in [0.15, 0.2) is 0 Å². The third-order valence-electron chi connectivity index (χ3n) is 1.27. The van der Waals surface area contributed by atoms with Crippen LogP contribution in [-0.4, -0.2) is 0 Å². The van der Waals surface area contributed by atoms with Crippen LogP contribution in [0.4, 0.5) is 0 Å². The summed E-state index contributed by atoms with van der Waals surface area (Å²) in [6.45, 7) is 1.85. The predicted molar refractivity (Wildman–Crippen MR) is 44.4 cm³/mol. The minimum Gasteiger partial charge on any atom is -0.101 e. The molecule has 50 valence electrons. The summed E-state index contributed by atoms with van der Waals surface area (Å²) in [5.74, 6) is 5.88. The lowest BCUT2D eigenvalue weighted by Gasteiger charge is -1.83. The molecule has 0 saturated carbocycles. The first-order valence-corrected chi connectivity index (χ1v) is 3.39. The van der Waals surface area contributed by atoms with Gasteiger partial charge in [-0.2, -0.15) is 0 Å². The second kappa shape index (κ2) is 3.74. The van der Waals surface area contributed by atoms with Gasteiger partial charge in [-0.15, -0.1) is 5.92 Å². The molecule has 1 rings (SSSR count). The van der Waals surface area contributed by atoms with Crippen molar-refractivity contribution in [2.75, 3.05) is 0 Å². The van der Waals surface area contributed by atoms with Crippen molar-refractivity contribution in [1.82, 2.24) is 0 Å².